The summed E-state index contributed by atoms with van der Waals surface area (Å²) in [6.45, 7) is 2.07. The van der Waals surface area contributed by atoms with E-state index < -0.39 is 0 Å². The molecule has 2 aliphatic rings. The summed E-state index contributed by atoms with van der Waals surface area (Å²) in [5, 5.41) is 3.38. The molecule has 0 saturated heterocycles. The standard InChI is InChI=1S/C22H21ClN2O2/c1-13(26)25-12-17-9-15(19-11-20(19)22(27)24-2)5-3-14(17)4-6-16-10-18(23)7-8-21(16)25/h3-10,19-20H,11-12H2,1-2H3,(H,24,27)/b6-4-/t19-,20-/m1/s1. The first-order chi connectivity index (χ1) is 13.0. The molecule has 2 amide bonds. The molecule has 1 N–H and O–H groups in total. The molecule has 0 spiro atoms. The second-order valence-electron chi connectivity index (χ2n) is 7.16. The summed E-state index contributed by atoms with van der Waals surface area (Å²) in [5.41, 5.74) is 5.11. The van der Waals surface area contributed by atoms with Gasteiger partial charge < -0.3 is 10.2 Å². The van der Waals surface area contributed by atoms with Crippen LogP contribution in [0.1, 0.15) is 41.5 Å². The predicted molar refractivity (Wildman–Crippen MR) is 109 cm³/mol. The van der Waals surface area contributed by atoms with Crippen LogP contribution >= 0.6 is 11.6 Å². The molecule has 138 valence electrons. The number of anilines is 1. The second-order valence-corrected chi connectivity index (χ2v) is 7.60. The number of carbonyl (C=O) groups is 2. The molecule has 1 heterocycles. The molecule has 27 heavy (non-hydrogen) atoms. The van der Waals surface area contributed by atoms with Gasteiger partial charge in [0, 0.05) is 24.9 Å². The minimum absolute atomic E-state index is 0.0140. The van der Waals surface area contributed by atoms with E-state index >= 15 is 0 Å². The number of fused-ring (bicyclic) bond motifs is 2. The van der Waals surface area contributed by atoms with Crippen molar-refractivity contribution >= 4 is 41.3 Å². The van der Waals surface area contributed by atoms with Gasteiger partial charge in [-0.3, -0.25) is 9.59 Å². The number of benzene rings is 2. The van der Waals surface area contributed by atoms with Crippen molar-refractivity contribution in [1.29, 1.82) is 0 Å². The molecule has 1 aliphatic carbocycles. The SMILES string of the molecule is CNC(=O)[C@@H]1C[C@@H]1c1ccc2c(c1)CN(C(C)=O)c1ccc(Cl)cc1/C=C\2. The largest absolute Gasteiger partial charge is 0.359 e. The number of rotatable bonds is 2. The van der Waals surface area contributed by atoms with Crippen LogP contribution in [0.2, 0.25) is 5.02 Å². The Hall–Kier alpha value is -2.59. The van der Waals surface area contributed by atoms with Gasteiger partial charge in [-0.15, -0.1) is 0 Å². The van der Waals surface area contributed by atoms with Crippen molar-refractivity contribution in [2.24, 2.45) is 5.92 Å². The van der Waals surface area contributed by atoms with Gasteiger partial charge in [0.1, 0.15) is 0 Å². The topological polar surface area (TPSA) is 49.4 Å². The van der Waals surface area contributed by atoms with Gasteiger partial charge in [-0.2, -0.15) is 0 Å². The Balaban J connectivity index is 1.73. The van der Waals surface area contributed by atoms with E-state index in [4.69, 9.17) is 11.6 Å². The number of nitrogens with zero attached hydrogens (tertiary/aromatic N) is 1. The van der Waals surface area contributed by atoms with Gasteiger partial charge in [0.2, 0.25) is 11.8 Å². The minimum atomic E-state index is -0.0140. The highest BCUT2D eigenvalue weighted by Gasteiger charge is 2.43. The Labute approximate surface area is 163 Å². The van der Waals surface area contributed by atoms with Crippen molar-refractivity contribution in [3.63, 3.8) is 0 Å². The highest BCUT2D eigenvalue weighted by atomic mass is 35.5. The van der Waals surface area contributed by atoms with E-state index in [1.807, 2.05) is 18.2 Å². The Bertz CT molecular complexity index is 967. The van der Waals surface area contributed by atoms with E-state index in [1.54, 1.807) is 24.9 Å². The smallest absolute Gasteiger partial charge is 0.224 e. The van der Waals surface area contributed by atoms with Crippen LogP contribution in [0.25, 0.3) is 12.2 Å². The third-order valence-electron chi connectivity index (χ3n) is 5.40. The van der Waals surface area contributed by atoms with Crippen LogP contribution in [0.4, 0.5) is 5.69 Å². The minimum Gasteiger partial charge on any atom is -0.359 e. The average molecular weight is 381 g/mol. The van der Waals surface area contributed by atoms with E-state index in [2.05, 4.69) is 29.6 Å². The summed E-state index contributed by atoms with van der Waals surface area (Å²) >= 11 is 6.14. The fourth-order valence-corrected chi connectivity index (χ4v) is 4.00. The first kappa shape index (κ1) is 17.8. The highest BCUT2D eigenvalue weighted by molar-refractivity contribution is 6.30. The van der Waals surface area contributed by atoms with Gasteiger partial charge >= 0.3 is 0 Å². The molecule has 4 nitrogen and oxygen atoms in total. The molecule has 1 aliphatic heterocycles. The molecule has 1 fully saturated rings. The van der Waals surface area contributed by atoms with Gasteiger partial charge in [-0.05, 0) is 52.8 Å². The van der Waals surface area contributed by atoms with Crippen molar-refractivity contribution in [2.45, 2.75) is 25.8 Å². The fourth-order valence-electron chi connectivity index (χ4n) is 3.82. The van der Waals surface area contributed by atoms with Crippen LogP contribution in [0.3, 0.4) is 0 Å². The van der Waals surface area contributed by atoms with Crippen molar-refractivity contribution in [2.75, 3.05) is 11.9 Å². The molecule has 0 unspecified atom stereocenters. The molecule has 2 atom stereocenters. The Morgan fingerprint density at radius 2 is 1.89 bits per heavy atom. The normalized spacial score (nSPS) is 21.4. The summed E-state index contributed by atoms with van der Waals surface area (Å²) < 4.78 is 0. The third-order valence-corrected chi connectivity index (χ3v) is 5.64. The molecular weight excluding hydrogens is 360 g/mol. The molecule has 5 heteroatoms. The number of hydrogen-bond acceptors (Lipinski definition) is 2. The zero-order valence-corrected chi connectivity index (χ0v) is 16.1. The van der Waals surface area contributed by atoms with Crippen LogP contribution in [0, 0.1) is 5.92 Å². The van der Waals surface area contributed by atoms with Gasteiger partial charge in [-0.1, -0.05) is 42.0 Å². The number of amides is 2. The van der Waals surface area contributed by atoms with Crippen LogP contribution in [-0.2, 0) is 16.1 Å². The van der Waals surface area contributed by atoms with Gasteiger partial charge in [0.25, 0.3) is 0 Å². The van der Waals surface area contributed by atoms with Crippen molar-refractivity contribution in [3.05, 3.63) is 63.7 Å². The molecule has 4 rings (SSSR count). The molecule has 2 aromatic carbocycles. The van der Waals surface area contributed by atoms with Gasteiger partial charge in [0.15, 0.2) is 0 Å². The maximum atomic E-state index is 12.3. The molecular formula is C22H21ClN2O2. The lowest BCUT2D eigenvalue weighted by Crippen LogP contribution is -2.29. The van der Waals surface area contributed by atoms with E-state index in [1.165, 1.54) is 0 Å². The Morgan fingerprint density at radius 1 is 1.11 bits per heavy atom. The van der Waals surface area contributed by atoms with Gasteiger partial charge in [-0.25, -0.2) is 0 Å². The van der Waals surface area contributed by atoms with Crippen LogP contribution in [0.15, 0.2) is 36.4 Å². The summed E-state index contributed by atoms with van der Waals surface area (Å²) in [4.78, 5) is 26.0. The third kappa shape index (κ3) is 3.37. The van der Waals surface area contributed by atoms with Crippen molar-refractivity contribution in [3.8, 4) is 0 Å². The number of halogens is 1. The maximum Gasteiger partial charge on any atom is 0.224 e. The summed E-state index contributed by atoms with van der Waals surface area (Å²) in [7, 11) is 1.68. The quantitative estimate of drug-likeness (QED) is 0.847. The van der Waals surface area contributed by atoms with Crippen LogP contribution in [-0.4, -0.2) is 18.9 Å². The van der Waals surface area contributed by atoms with E-state index in [9.17, 15) is 9.59 Å². The summed E-state index contributed by atoms with van der Waals surface area (Å²) in [6.07, 6.45) is 4.94. The maximum absolute atomic E-state index is 12.3. The molecule has 0 radical (unpaired) electrons. The zero-order chi connectivity index (χ0) is 19.1. The van der Waals surface area contributed by atoms with Gasteiger partial charge in [0.05, 0.1) is 12.2 Å². The molecule has 0 bridgehead atoms. The van der Waals surface area contributed by atoms with Crippen molar-refractivity contribution in [1.82, 2.24) is 5.32 Å². The van der Waals surface area contributed by atoms with Crippen LogP contribution in [0.5, 0.6) is 0 Å². The van der Waals surface area contributed by atoms with E-state index in [-0.39, 0.29) is 23.7 Å². The predicted octanol–water partition coefficient (Wildman–Crippen LogP) is 4.23. The highest BCUT2D eigenvalue weighted by Crippen LogP contribution is 2.48. The summed E-state index contributed by atoms with van der Waals surface area (Å²) in [6, 6.07) is 11.9. The summed E-state index contributed by atoms with van der Waals surface area (Å²) in [5.74, 6) is 0.410. The first-order valence-electron chi connectivity index (χ1n) is 9.08. The zero-order valence-electron chi connectivity index (χ0n) is 15.3. The lowest BCUT2D eigenvalue weighted by molar-refractivity contribution is -0.122. The molecule has 0 aromatic heterocycles. The molecule has 1 saturated carbocycles. The Morgan fingerprint density at radius 3 is 2.63 bits per heavy atom. The number of hydrogen-bond donors (Lipinski definition) is 1. The Kier molecular flexibility index (Phi) is 4.52. The fraction of sp³-hybridized carbons (Fsp3) is 0.273. The van der Waals surface area contributed by atoms with Crippen LogP contribution < -0.4 is 10.2 Å². The monoisotopic (exact) mass is 380 g/mol. The second kappa shape index (κ2) is 6.86. The number of nitrogens with one attached hydrogen (secondary N) is 1. The first-order valence-corrected chi connectivity index (χ1v) is 9.46. The van der Waals surface area contributed by atoms with E-state index in [0.29, 0.717) is 11.6 Å². The average Bonchev–Trinajstić information content (AvgIpc) is 3.43. The lowest BCUT2D eigenvalue weighted by atomic mass is 9.97. The lowest BCUT2D eigenvalue weighted by Gasteiger charge is -2.26. The number of carbonyl (C=O) groups excluding carboxylic acids is 2. The van der Waals surface area contributed by atoms with E-state index in [0.717, 1.165) is 34.4 Å². The van der Waals surface area contributed by atoms with Crippen molar-refractivity contribution < 1.29 is 9.59 Å². The molecule has 2 aromatic rings.